The van der Waals surface area contributed by atoms with Gasteiger partial charge in [0.25, 0.3) is 0 Å². The lowest BCUT2D eigenvalue weighted by Crippen LogP contribution is -2.21. The van der Waals surface area contributed by atoms with Gasteiger partial charge in [-0.3, -0.25) is 0 Å². The van der Waals surface area contributed by atoms with E-state index < -0.39 is 0 Å². The van der Waals surface area contributed by atoms with Crippen LogP contribution in [0.1, 0.15) is 11.3 Å². The van der Waals surface area contributed by atoms with Gasteiger partial charge in [0.2, 0.25) is 0 Å². The van der Waals surface area contributed by atoms with Crippen LogP contribution in [-0.2, 0) is 12.8 Å². The van der Waals surface area contributed by atoms with Crippen molar-refractivity contribution >= 4 is 22.7 Å². The van der Waals surface area contributed by atoms with E-state index in [1.54, 1.807) is 5.56 Å². The molecular weight excluding hydrogens is 228 g/mol. The summed E-state index contributed by atoms with van der Waals surface area (Å²) in [5, 5.41) is 1.46. The van der Waals surface area contributed by atoms with E-state index in [1.807, 2.05) is 11.8 Å². The van der Waals surface area contributed by atoms with Gasteiger partial charge >= 0.3 is 0 Å². The van der Waals surface area contributed by atoms with Crippen LogP contribution < -0.4 is 0 Å². The summed E-state index contributed by atoms with van der Waals surface area (Å²) in [5.41, 5.74) is 4.31. The van der Waals surface area contributed by atoms with Gasteiger partial charge in [0.15, 0.2) is 0 Å². The third-order valence-electron chi connectivity index (χ3n) is 3.68. The van der Waals surface area contributed by atoms with Crippen LogP contribution in [0.2, 0.25) is 0 Å². The Morgan fingerprint density at radius 1 is 1.24 bits per heavy atom. The van der Waals surface area contributed by atoms with Crippen molar-refractivity contribution in [3.8, 4) is 0 Å². The molecule has 17 heavy (non-hydrogen) atoms. The number of H-pyrrole nitrogens is 1. The number of nitrogens with one attached hydrogen (secondary N) is 1. The van der Waals surface area contributed by atoms with Gasteiger partial charge in [0.1, 0.15) is 0 Å². The molecule has 2 nitrogen and oxygen atoms in total. The molecule has 0 spiro atoms. The first-order chi connectivity index (χ1) is 8.29. The smallest absolute Gasteiger partial charge is 0.0470 e. The first kappa shape index (κ1) is 11.2. The second-order valence-corrected chi connectivity index (χ2v) is 5.62. The first-order valence-corrected chi connectivity index (χ1v) is 7.37. The SMILES string of the molecule is CSc1cccc2[nH]c3c(c12)CCN(C)CC3. The summed E-state index contributed by atoms with van der Waals surface area (Å²) in [4.78, 5) is 7.44. The lowest BCUT2D eigenvalue weighted by Gasteiger charge is -2.11. The normalized spacial score (nSPS) is 17.1. The minimum absolute atomic E-state index is 1.15. The van der Waals surface area contributed by atoms with Gasteiger partial charge in [0.05, 0.1) is 0 Å². The molecule has 1 aromatic heterocycles. The van der Waals surface area contributed by atoms with E-state index in [9.17, 15) is 0 Å². The van der Waals surface area contributed by atoms with Crippen molar-refractivity contribution in [1.29, 1.82) is 0 Å². The van der Waals surface area contributed by atoms with Gasteiger partial charge in [0, 0.05) is 41.0 Å². The summed E-state index contributed by atoms with van der Waals surface area (Å²) >= 11 is 1.85. The van der Waals surface area contributed by atoms with Gasteiger partial charge in [-0.25, -0.2) is 0 Å². The number of thioether (sulfide) groups is 1. The predicted molar refractivity (Wildman–Crippen MR) is 75.0 cm³/mol. The minimum atomic E-state index is 1.15. The Labute approximate surface area is 106 Å². The van der Waals surface area contributed by atoms with Crippen LogP contribution in [0.15, 0.2) is 23.1 Å². The second-order valence-electron chi connectivity index (χ2n) is 4.77. The molecular formula is C14H18N2S. The number of fused-ring (bicyclic) bond motifs is 3. The van der Waals surface area contributed by atoms with Crippen molar-refractivity contribution in [2.75, 3.05) is 26.4 Å². The van der Waals surface area contributed by atoms with Crippen LogP contribution in [-0.4, -0.2) is 36.3 Å². The van der Waals surface area contributed by atoms with Crippen molar-refractivity contribution in [3.05, 3.63) is 29.5 Å². The topological polar surface area (TPSA) is 19.0 Å². The molecule has 0 amide bonds. The molecule has 2 aromatic rings. The molecule has 1 aliphatic heterocycles. The summed E-state index contributed by atoms with van der Waals surface area (Å²) in [6, 6.07) is 6.58. The Hall–Kier alpha value is -0.930. The predicted octanol–water partition coefficient (Wildman–Crippen LogP) is 2.92. The van der Waals surface area contributed by atoms with E-state index in [0.717, 1.165) is 13.0 Å². The Balaban J connectivity index is 2.19. The summed E-state index contributed by atoms with van der Waals surface area (Å²) in [7, 11) is 2.21. The molecule has 0 aliphatic carbocycles. The van der Waals surface area contributed by atoms with Gasteiger partial charge in [-0.15, -0.1) is 11.8 Å². The minimum Gasteiger partial charge on any atom is -0.358 e. The maximum atomic E-state index is 3.61. The first-order valence-electron chi connectivity index (χ1n) is 6.14. The number of aromatic amines is 1. The zero-order chi connectivity index (χ0) is 11.8. The van der Waals surface area contributed by atoms with Gasteiger partial charge < -0.3 is 9.88 Å². The van der Waals surface area contributed by atoms with Crippen molar-refractivity contribution in [2.24, 2.45) is 0 Å². The van der Waals surface area contributed by atoms with Crippen molar-refractivity contribution < 1.29 is 0 Å². The maximum absolute atomic E-state index is 3.61. The summed E-state index contributed by atoms with van der Waals surface area (Å²) in [6.45, 7) is 2.33. The number of benzene rings is 1. The number of nitrogens with zero attached hydrogens (tertiary/aromatic N) is 1. The van der Waals surface area contributed by atoms with E-state index in [0.29, 0.717) is 0 Å². The molecule has 1 aliphatic rings. The van der Waals surface area contributed by atoms with Crippen LogP contribution >= 0.6 is 11.8 Å². The number of aromatic nitrogens is 1. The highest BCUT2D eigenvalue weighted by Gasteiger charge is 2.17. The van der Waals surface area contributed by atoms with E-state index >= 15 is 0 Å². The number of hydrogen-bond acceptors (Lipinski definition) is 2. The third kappa shape index (κ3) is 1.87. The van der Waals surface area contributed by atoms with E-state index in [-0.39, 0.29) is 0 Å². The molecule has 0 saturated heterocycles. The fourth-order valence-electron chi connectivity index (χ4n) is 2.71. The van der Waals surface area contributed by atoms with Gasteiger partial charge in [-0.2, -0.15) is 0 Å². The molecule has 0 fully saturated rings. The van der Waals surface area contributed by atoms with Gasteiger partial charge in [-0.05, 0) is 37.4 Å². The van der Waals surface area contributed by atoms with Crippen LogP contribution in [0.4, 0.5) is 0 Å². The number of likely N-dealkylation sites (N-methyl/N-ethyl adjacent to an activating group) is 1. The second kappa shape index (κ2) is 4.39. The Kier molecular flexibility index (Phi) is 2.89. The lowest BCUT2D eigenvalue weighted by molar-refractivity contribution is 0.352. The van der Waals surface area contributed by atoms with Crippen molar-refractivity contribution in [2.45, 2.75) is 17.7 Å². The van der Waals surface area contributed by atoms with Crippen LogP contribution in [0.25, 0.3) is 10.9 Å². The number of rotatable bonds is 1. The average molecular weight is 246 g/mol. The molecule has 0 bridgehead atoms. The molecule has 0 radical (unpaired) electrons. The molecule has 3 rings (SSSR count). The quantitative estimate of drug-likeness (QED) is 0.780. The monoisotopic (exact) mass is 246 g/mol. The standard InChI is InChI=1S/C14H18N2S/c1-16-8-6-10-11(7-9-16)15-12-4-3-5-13(17-2)14(10)12/h3-5,15H,6-9H2,1-2H3. The molecule has 2 heterocycles. The maximum Gasteiger partial charge on any atom is 0.0470 e. The van der Waals surface area contributed by atoms with E-state index in [2.05, 4.69) is 41.4 Å². The lowest BCUT2D eigenvalue weighted by atomic mass is 10.1. The fourth-order valence-corrected chi connectivity index (χ4v) is 3.36. The highest BCUT2D eigenvalue weighted by Crippen LogP contribution is 2.32. The Bertz CT molecular complexity index is 544. The molecule has 1 aromatic carbocycles. The number of hydrogen-bond donors (Lipinski definition) is 1. The average Bonchev–Trinajstić information content (AvgIpc) is 2.61. The zero-order valence-corrected chi connectivity index (χ0v) is 11.2. The highest BCUT2D eigenvalue weighted by molar-refractivity contribution is 7.98. The highest BCUT2D eigenvalue weighted by atomic mass is 32.2. The Morgan fingerprint density at radius 3 is 2.88 bits per heavy atom. The van der Waals surface area contributed by atoms with Crippen LogP contribution in [0.3, 0.4) is 0 Å². The van der Waals surface area contributed by atoms with Gasteiger partial charge in [-0.1, -0.05) is 6.07 Å². The Morgan fingerprint density at radius 2 is 2.06 bits per heavy atom. The summed E-state index contributed by atoms with van der Waals surface area (Å²) in [5.74, 6) is 0. The molecule has 90 valence electrons. The molecule has 3 heteroatoms. The van der Waals surface area contributed by atoms with E-state index in [4.69, 9.17) is 0 Å². The summed E-state index contributed by atoms with van der Waals surface area (Å²) < 4.78 is 0. The molecule has 0 saturated carbocycles. The largest absolute Gasteiger partial charge is 0.358 e. The summed E-state index contributed by atoms with van der Waals surface area (Å²) in [6.07, 6.45) is 4.48. The fraction of sp³-hybridized carbons (Fsp3) is 0.429. The van der Waals surface area contributed by atoms with Crippen LogP contribution in [0.5, 0.6) is 0 Å². The van der Waals surface area contributed by atoms with Crippen molar-refractivity contribution in [1.82, 2.24) is 9.88 Å². The zero-order valence-electron chi connectivity index (χ0n) is 10.4. The van der Waals surface area contributed by atoms with E-state index in [1.165, 1.54) is 34.5 Å². The third-order valence-corrected chi connectivity index (χ3v) is 4.46. The molecule has 0 unspecified atom stereocenters. The van der Waals surface area contributed by atoms with Crippen molar-refractivity contribution in [3.63, 3.8) is 0 Å². The van der Waals surface area contributed by atoms with Crippen LogP contribution in [0, 0.1) is 0 Å². The molecule has 0 atom stereocenters. The molecule has 1 N–H and O–H groups in total.